The van der Waals surface area contributed by atoms with E-state index in [1.807, 2.05) is 30.0 Å². The van der Waals surface area contributed by atoms with Gasteiger partial charge in [0.25, 0.3) is 0 Å². The van der Waals surface area contributed by atoms with Gasteiger partial charge in [0.15, 0.2) is 0 Å². The molecule has 0 amide bonds. The first-order valence-corrected chi connectivity index (χ1v) is 11.5. The number of esters is 2. The van der Waals surface area contributed by atoms with Crippen LogP contribution in [0, 0.1) is 6.92 Å². The van der Waals surface area contributed by atoms with E-state index >= 15 is 0 Å². The minimum absolute atomic E-state index is 0.197. The van der Waals surface area contributed by atoms with Gasteiger partial charge in [-0.05, 0) is 42.8 Å². The molecule has 0 saturated carbocycles. The van der Waals surface area contributed by atoms with Crippen molar-refractivity contribution < 1.29 is 19.1 Å². The summed E-state index contributed by atoms with van der Waals surface area (Å²) in [6.07, 6.45) is 0.394. The monoisotopic (exact) mass is 508 g/mol. The van der Waals surface area contributed by atoms with Crippen molar-refractivity contribution in [1.82, 2.24) is 4.98 Å². The van der Waals surface area contributed by atoms with Crippen LogP contribution in [0.15, 0.2) is 40.6 Å². The Balaban J connectivity index is 1.79. The molecule has 0 radical (unpaired) electrons. The summed E-state index contributed by atoms with van der Waals surface area (Å²) in [6, 6.07) is 9.11. The second-order valence-corrected chi connectivity index (χ2v) is 8.78. The van der Waals surface area contributed by atoms with Crippen molar-refractivity contribution in [1.29, 1.82) is 0 Å². The number of halogens is 2. The standard InChI is InChI=1S/C22H22Cl2N4O4S/c1-13-12-14(28(10-8-18(29)31-2)11-9-19(30)32-3)4-6-16(13)26-27-22-25-17-7-5-15(23)20(24)21(17)33-22/h4-7,12H,8-11H2,1-3H3. The molecule has 11 heteroatoms. The lowest BCUT2D eigenvalue weighted by Gasteiger charge is -2.24. The van der Waals surface area contributed by atoms with Gasteiger partial charge in [0.2, 0.25) is 5.13 Å². The molecule has 0 spiro atoms. The van der Waals surface area contributed by atoms with Gasteiger partial charge in [-0.2, -0.15) is 0 Å². The number of fused-ring (bicyclic) bond motifs is 1. The molecule has 0 saturated heterocycles. The molecule has 0 aliphatic rings. The first-order chi connectivity index (χ1) is 15.8. The Hall–Kier alpha value is -2.75. The number of aromatic nitrogens is 1. The molecular formula is C22H22Cl2N4O4S. The van der Waals surface area contributed by atoms with Gasteiger partial charge < -0.3 is 14.4 Å². The molecule has 0 aliphatic heterocycles. The topological polar surface area (TPSA) is 93.5 Å². The summed E-state index contributed by atoms with van der Waals surface area (Å²) < 4.78 is 10.2. The number of thiazole rings is 1. The van der Waals surface area contributed by atoms with E-state index in [4.69, 9.17) is 32.7 Å². The van der Waals surface area contributed by atoms with E-state index in [9.17, 15) is 9.59 Å². The molecule has 3 aromatic rings. The Morgan fingerprint density at radius 1 is 1.03 bits per heavy atom. The summed E-state index contributed by atoms with van der Waals surface area (Å²) >= 11 is 13.6. The third-order valence-corrected chi connectivity index (χ3v) is 6.74. The summed E-state index contributed by atoms with van der Waals surface area (Å²) in [5.74, 6) is -0.644. The van der Waals surface area contributed by atoms with Crippen LogP contribution in [0.25, 0.3) is 10.2 Å². The molecule has 0 atom stereocenters. The van der Waals surface area contributed by atoms with Crippen LogP contribution in [0.5, 0.6) is 0 Å². The molecule has 0 N–H and O–H groups in total. The van der Waals surface area contributed by atoms with Gasteiger partial charge in [-0.15, -0.1) is 10.2 Å². The van der Waals surface area contributed by atoms with Crippen molar-refractivity contribution >= 4 is 73.2 Å². The van der Waals surface area contributed by atoms with Crippen molar-refractivity contribution in [2.75, 3.05) is 32.2 Å². The maximum Gasteiger partial charge on any atom is 0.307 e. The first kappa shape index (κ1) is 24.9. The fourth-order valence-electron chi connectivity index (χ4n) is 3.04. The predicted octanol–water partition coefficient (Wildman–Crippen LogP) is 6.26. The van der Waals surface area contributed by atoms with Gasteiger partial charge >= 0.3 is 11.9 Å². The highest BCUT2D eigenvalue weighted by Gasteiger charge is 2.14. The van der Waals surface area contributed by atoms with E-state index in [0.717, 1.165) is 16.0 Å². The first-order valence-electron chi connectivity index (χ1n) is 9.98. The largest absolute Gasteiger partial charge is 0.469 e. The molecular weight excluding hydrogens is 487 g/mol. The van der Waals surface area contributed by atoms with Crippen molar-refractivity contribution in [2.45, 2.75) is 19.8 Å². The van der Waals surface area contributed by atoms with Crippen LogP contribution in [0.4, 0.5) is 16.5 Å². The fourth-order valence-corrected chi connectivity index (χ4v) is 4.35. The predicted molar refractivity (Wildman–Crippen MR) is 130 cm³/mol. The smallest absolute Gasteiger partial charge is 0.307 e. The molecule has 3 rings (SSSR count). The quantitative estimate of drug-likeness (QED) is 0.250. The Bertz CT molecular complexity index is 1180. The highest BCUT2D eigenvalue weighted by Crippen LogP contribution is 2.38. The third kappa shape index (κ3) is 6.40. The Morgan fingerprint density at radius 2 is 1.70 bits per heavy atom. The van der Waals surface area contributed by atoms with E-state index in [1.54, 1.807) is 12.1 Å². The molecule has 33 heavy (non-hydrogen) atoms. The molecule has 174 valence electrons. The van der Waals surface area contributed by atoms with Crippen molar-refractivity contribution in [2.24, 2.45) is 10.2 Å². The van der Waals surface area contributed by atoms with Crippen LogP contribution in [-0.2, 0) is 19.1 Å². The number of carbonyl (C=O) groups excluding carboxylic acids is 2. The number of hydrogen-bond donors (Lipinski definition) is 0. The lowest BCUT2D eigenvalue weighted by molar-refractivity contribution is -0.140. The lowest BCUT2D eigenvalue weighted by atomic mass is 10.1. The molecule has 0 bridgehead atoms. The van der Waals surface area contributed by atoms with Crippen molar-refractivity contribution in [3.05, 3.63) is 45.9 Å². The zero-order valence-electron chi connectivity index (χ0n) is 18.3. The SMILES string of the molecule is COC(=O)CCN(CCC(=O)OC)c1ccc(N=Nc2nc3ccc(Cl)c(Cl)c3s2)c(C)c1. The zero-order valence-corrected chi connectivity index (χ0v) is 20.6. The molecule has 8 nitrogen and oxygen atoms in total. The van der Waals surface area contributed by atoms with E-state index in [2.05, 4.69) is 15.2 Å². The number of rotatable bonds is 9. The van der Waals surface area contributed by atoms with Gasteiger partial charge in [0.1, 0.15) is 0 Å². The maximum atomic E-state index is 11.6. The van der Waals surface area contributed by atoms with Crippen LogP contribution in [0.2, 0.25) is 10.0 Å². The van der Waals surface area contributed by atoms with E-state index in [0.29, 0.717) is 39.5 Å². The number of hydrogen-bond acceptors (Lipinski definition) is 9. The number of anilines is 1. The summed E-state index contributed by atoms with van der Waals surface area (Å²) in [7, 11) is 2.69. The Labute approximate surface area is 205 Å². The van der Waals surface area contributed by atoms with Gasteiger partial charge in [-0.3, -0.25) is 9.59 Å². The third-order valence-electron chi connectivity index (χ3n) is 4.85. The number of benzene rings is 2. The summed E-state index contributed by atoms with van der Waals surface area (Å²) in [5, 5.41) is 9.97. The molecule has 0 fully saturated rings. The van der Waals surface area contributed by atoms with Gasteiger partial charge in [0, 0.05) is 18.8 Å². The number of carbonyl (C=O) groups is 2. The van der Waals surface area contributed by atoms with Gasteiger partial charge in [0.05, 0.1) is 53.0 Å². The number of ether oxygens (including phenoxy) is 2. The van der Waals surface area contributed by atoms with Crippen LogP contribution >= 0.6 is 34.5 Å². The zero-order chi connectivity index (χ0) is 24.0. The average Bonchev–Trinajstić information content (AvgIpc) is 3.24. The van der Waals surface area contributed by atoms with Crippen molar-refractivity contribution in [3.8, 4) is 0 Å². The summed E-state index contributed by atoms with van der Waals surface area (Å²) in [4.78, 5) is 29.6. The van der Waals surface area contributed by atoms with Crippen LogP contribution < -0.4 is 4.90 Å². The van der Waals surface area contributed by atoms with Gasteiger partial charge in [-0.25, -0.2) is 4.98 Å². The highest BCUT2D eigenvalue weighted by molar-refractivity contribution is 7.22. The van der Waals surface area contributed by atoms with E-state index in [-0.39, 0.29) is 24.8 Å². The van der Waals surface area contributed by atoms with E-state index < -0.39 is 0 Å². The number of azo groups is 1. The molecule has 0 unspecified atom stereocenters. The fraction of sp³-hybridized carbons (Fsp3) is 0.318. The average molecular weight is 509 g/mol. The Morgan fingerprint density at radius 3 is 2.30 bits per heavy atom. The maximum absolute atomic E-state index is 11.6. The summed E-state index contributed by atoms with van der Waals surface area (Å²) in [6.45, 7) is 2.71. The lowest BCUT2D eigenvalue weighted by Crippen LogP contribution is -2.29. The van der Waals surface area contributed by atoms with Crippen LogP contribution in [0.1, 0.15) is 18.4 Å². The minimum Gasteiger partial charge on any atom is -0.469 e. The van der Waals surface area contributed by atoms with Crippen LogP contribution in [0.3, 0.4) is 0 Å². The number of nitrogens with zero attached hydrogens (tertiary/aromatic N) is 4. The minimum atomic E-state index is -0.322. The molecule has 0 aliphatic carbocycles. The van der Waals surface area contributed by atoms with Gasteiger partial charge in [-0.1, -0.05) is 34.5 Å². The number of aryl methyl sites for hydroxylation is 1. The molecule has 1 heterocycles. The highest BCUT2D eigenvalue weighted by atomic mass is 35.5. The summed E-state index contributed by atoms with van der Waals surface area (Å²) in [5.41, 5.74) is 3.10. The normalized spacial score (nSPS) is 11.2. The van der Waals surface area contributed by atoms with E-state index in [1.165, 1.54) is 25.6 Å². The second kappa shape index (κ2) is 11.4. The Kier molecular flexibility index (Phi) is 8.60. The molecule has 1 aromatic heterocycles. The molecule has 2 aromatic carbocycles. The van der Waals surface area contributed by atoms with Crippen molar-refractivity contribution in [3.63, 3.8) is 0 Å². The number of methoxy groups -OCH3 is 2. The second-order valence-electron chi connectivity index (χ2n) is 7.02. The van der Waals surface area contributed by atoms with Crippen LogP contribution in [-0.4, -0.2) is 44.2 Å².